The van der Waals surface area contributed by atoms with Crippen molar-refractivity contribution in [3.8, 4) is 11.3 Å². The van der Waals surface area contributed by atoms with Crippen LogP contribution < -0.4 is 15.2 Å². The summed E-state index contributed by atoms with van der Waals surface area (Å²) in [5.41, 5.74) is 0.627. The summed E-state index contributed by atoms with van der Waals surface area (Å²) in [7, 11) is 0. The van der Waals surface area contributed by atoms with E-state index in [1.807, 2.05) is 19.1 Å². The Labute approximate surface area is 293 Å². The van der Waals surface area contributed by atoms with Gasteiger partial charge in [0.05, 0.1) is 25.0 Å². The first-order valence-electron chi connectivity index (χ1n) is 15.6. The maximum atomic E-state index is 15.6. The number of piperidine rings is 1. The third-order valence-electron chi connectivity index (χ3n) is 7.72. The first kappa shape index (κ1) is 36.3. The van der Waals surface area contributed by atoms with Gasteiger partial charge in [0.2, 0.25) is 5.95 Å². The van der Waals surface area contributed by atoms with Gasteiger partial charge in [-0.3, -0.25) is 17.9 Å². The molecule has 0 bridgehead atoms. The van der Waals surface area contributed by atoms with Crippen LogP contribution in [-0.4, -0.2) is 70.2 Å². The number of nitrogens with zero attached hydrogens (tertiary/aromatic N) is 6. The summed E-state index contributed by atoms with van der Waals surface area (Å²) in [6.45, 7) is 10.6. The number of anilines is 2. The molecule has 1 fully saturated rings. The molecule has 0 aliphatic carbocycles. The third-order valence-corrected chi connectivity index (χ3v) is 9.15. The van der Waals surface area contributed by atoms with Gasteiger partial charge in [-0.25, -0.2) is 23.5 Å². The second-order valence-electron chi connectivity index (χ2n) is 13.2. The van der Waals surface area contributed by atoms with Gasteiger partial charge >= 0.3 is 6.09 Å². The van der Waals surface area contributed by atoms with E-state index in [4.69, 9.17) is 4.74 Å². The van der Waals surface area contributed by atoms with E-state index >= 15 is 4.39 Å². The number of halogens is 3. The van der Waals surface area contributed by atoms with Crippen LogP contribution in [0.3, 0.4) is 0 Å². The van der Waals surface area contributed by atoms with Crippen LogP contribution in [-0.2, 0) is 22.5 Å². The summed E-state index contributed by atoms with van der Waals surface area (Å²) in [6, 6.07) is 8.29. The zero-order valence-corrected chi connectivity index (χ0v) is 30.3. The summed E-state index contributed by atoms with van der Waals surface area (Å²) in [5.74, 6) is -0.752. The van der Waals surface area contributed by atoms with Crippen molar-refractivity contribution in [1.82, 2.24) is 24.4 Å². The molecule has 1 saturated heterocycles. The number of hydrogen-bond acceptors (Lipinski definition) is 9. The van der Waals surface area contributed by atoms with E-state index in [-0.39, 0.29) is 60.1 Å². The van der Waals surface area contributed by atoms with Crippen LogP contribution in [0.1, 0.15) is 58.2 Å². The Bertz CT molecular complexity index is 1970. The number of alkyl halides is 1. The molecule has 3 heterocycles. The second kappa shape index (κ2) is 14.5. The quantitative estimate of drug-likeness (QED) is 0.207. The fourth-order valence-corrected chi connectivity index (χ4v) is 6.72. The number of ether oxygens (including phenoxy) is 1. The van der Waals surface area contributed by atoms with Crippen molar-refractivity contribution in [2.75, 3.05) is 22.7 Å². The molecule has 2 aromatic carbocycles. The van der Waals surface area contributed by atoms with Gasteiger partial charge in [0.15, 0.2) is 5.65 Å². The smallest absolute Gasteiger partial charge is 0.410 e. The first-order valence-corrected chi connectivity index (χ1v) is 17.4. The molecule has 4 aromatic rings. The van der Waals surface area contributed by atoms with Crippen LogP contribution in [0, 0.1) is 12.7 Å². The number of amides is 1. The van der Waals surface area contributed by atoms with Gasteiger partial charge < -0.3 is 19.5 Å². The van der Waals surface area contributed by atoms with Crippen molar-refractivity contribution in [3.63, 3.8) is 0 Å². The Morgan fingerprint density at radius 3 is 2.57 bits per heavy atom. The molecule has 1 N–H and O–H groups in total. The van der Waals surface area contributed by atoms with Crippen molar-refractivity contribution in [2.45, 2.75) is 78.4 Å². The Balaban J connectivity index is 1.44. The summed E-state index contributed by atoms with van der Waals surface area (Å²) in [6.07, 6.45) is -0.408. The van der Waals surface area contributed by atoms with Crippen LogP contribution in [0.4, 0.5) is 25.2 Å². The zero-order chi connectivity index (χ0) is 35.8. The molecule has 1 aliphatic heterocycles. The van der Waals surface area contributed by atoms with Crippen LogP contribution in [0.15, 0.2) is 51.9 Å². The summed E-state index contributed by atoms with van der Waals surface area (Å²) in [4.78, 5) is 41.1. The molecule has 0 radical (unpaired) electrons. The van der Waals surface area contributed by atoms with Crippen LogP contribution in [0.2, 0.25) is 0 Å². The lowest BCUT2D eigenvalue weighted by molar-refractivity contribution is 0.0124. The molecule has 0 spiro atoms. The molecule has 2 aromatic heterocycles. The van der Waals surface area contributed by atoms with Gasteiger partial charge in [-0.05, 0) is 70.9 Å². The number of carbonyl (C=O) groups is 1. The highest BCUT2D eigenvalue weighted by molar-refractivity contribution is 9.10. The number of aromatic nitrogens is 4. The first-order chi connectivity index (χ1) is 23.0. The molecule has 49 heavy (non-hydrogen) atoms. The maximum Gasteiger partial charge on any atom is 0.410 e. The van der Waals surface area contributed by atoms with Crippen molar-refractivity contribution in [3.05, 3.63) is 74.4 Å². The van der Waals surface area contributed by atoms with Gasteiger partial charge in [0.25, 0.3) is 5.56 Å². The van der Waals surface area contributed by atoms with Crippen LogP contribution >= 0.6 is 15.9 Å². The summed E-state index contributed by atoms with van der Waals surface area (Å²) < 4.78 is 63.1. The fourth-order valence-electron chi connectivity index (χ4n) is 5.55. The minimum absolute atomic E-state index is 0.0763. The minimum atomic E-state index is -2.81. The molecular weight excluding hydrogens is 724 g/mol. The van der Waals surface area contributed by atoms with Gasteiger partial charge in [-0.2, -0.15) is 4.98 Å². The monoisotopic (exact) mass is 760 g/mol. The minimum Gasteiger partial charge on any atom is -0.755 e. The predicted octanol–water partition coefficient (Wildman–Crippen LogP) is 6.20. The topological polar surface area (TPSA) is 146 Å². The molecule has 3 atom stereocenters. The normalized spacial score (nSPS) is 17.3. The standard InChI is InChI=1S/C33H38BrF2N7O5S/c1-18(2)43-29-26(14-37-31(40-29)38-23-13-22(35)16-41(17-23)32(45)48-33(4,5)6)39-28(30(43)44)20-9-10-27(25(36)12-20)42(49(46)47)15-21-8-7-19(3)11-24(21)34/h7-12,14,18,22-23H,13,15-17H2,1-6H3,(H,46,47)(H,37,38,40)/p-1/t22-,23-/m0/s1. The Morgan fingerprint density at radius 1 is 1.20 bits per heavy atom. The van der Waals surface area contributed by atoms with E-state index in [0.717, 1.165) is 15.9 Å². The molecule has 5 rings (SSSR count). The number of aryl methyl sites for hydroxylation is 1. The molecule has 12 nitrogen and oxygen atoms in total. The summed E-state index contributed by atoms with van der Waals surface area (Å²) >= 11 is 0.630. The van der Waals surface area contributed by atoms with E-state index in [9.17, 15) is 22.7 Å². The number of benzene rings is 2. The lowest BCUT2D eigenvalue weighted by atomic mass is 10.0. The number of carbonyl (C=O) groups excluding carboxylic acids is 1. The second-order valence-corrected chi connectivity index (χ2v) is 14.9. The SMILES string of the molecule is Cc1ccc(CN(c2ccc(-c3nc4cnc(N[C@H]5C[C@H](F)CN(C(=O)OC(C)(C)C)C5)nc4n(C(C)C)c3=O)cc2F)S(=O)[O-])c(Br)c1. The van der Waals surface area contributed by atoms with Gasteiger partial charge in [-0.15, -0.1) is 0 Å². The Morgan fingerprint density at radius 2 is 1.94 bits per heavy atom. The molecular formula is C33H37BrF2N7O5S-. The Kier molecular flexibility index (Phi) is 10.7. The van der Waals surface area contributed by atoms with E-state index in [1.165, 1.54) is 27.8 Å². The van der Waals surface area contributed by atoms with Crippen molar-refractivity contribution in [1.29, 1.82) is 0 Å². The number of hydrogen-bond donors (Lipinski definition) is 1. The van der Waals surface area contributed by atoms with Crippen LogP contribution in [0.5, 0.6) is 0 Å². The molecule has 1 aliphatic rings. The highest BCUT2D eigenvalue weighted by atomic mass is 79.9. The zero-order valence-electron chi connectivity index (χ0n) is 27.9. The number of fused-ring (bicyclic) bond motifs is 1. The highest BCUT2D eigenvalue weighted by Gasteiger charge is 2.33. The van der Waals surface area contributed by atoms with Crippen molar-refractivity contribution in [2.24, 2.45) is 0 Å². The molecule has 1 amide bonds. The lowest BCUT2D eigenvalue weighted by Crippen LogP contribution is -2.51. The fraction of sp³-hybridized carbons (Fsp3) is 0.424. The van der Waals surface area contributed by atoms with Crippen molar-refractivity contribution >= 4 is 56.1 Å². The molecule has 262 valence electrons. The molecule has 1 unspecified atom stereocenters. The number of rotatable bonds is 8. The number of likely N-dealkylation sites (tertiary alicyclic amines) is 1. The van der Waals surface area contributed by atoms with E-state index in [2.05, 4.69) is 36.2 Å². The van der Waals surface area contributed by atoms with E-state index < -0.39 is 52.6 Å². The average molecular weight is 762 g/mol. The molecule has 16 heteroatoms. The van der Waals surface area contributed by atoms with Crippen LogP contribution in [0.25, 0.3) is 22.4 Å². The largest absolute Gasteiger partial charge is 0.755 e. The van der Waals surface area contributed by atoms with Gasteiger partial charge in [0, 0.05) is 46.4 Å². The van der Waals surface area contributed by atoms with Crippen molar-refractivity contribution < 1.29 is 27.1 Å². The van der Waals surface area contributed by atoms with E-state index in [0.29, 0.717) is 10.0 Å². The Hall–Kier alpha value is -4.02. The average Bonchev–Trinajstić information content (AvgIpc) is 2.99. The molecule has 0 saturated carbocycles. The third kappa shape index (κ3) is 8.41. The number of nitrogens with one attached hydrogen (secondary N) is 1. The summed E-state index contributed by atoms with van der Waals surface area (Å²) in [5, 5.41) is 3.08. The maximum absolute atomic E-state index is 15.6. The van der Waals surface area contributed by atoms with E-state index in [1.54, 1.807) is 40.7 Å². The highest BCUT2D eigenvalue weighted by Crippen LogP contribution is 2.30. The van der Waals surface area contributed by atoms with Gasteiger partial charge in [-0.1, -0.05) is 34.1 Å². The lowest BCUT2D eigenvalue weighted by Gasteiger charge is -2.36. The van der Waals surface area contributed by atoms with Gasteiger partial charge in [0.1, 0.15) is 28.8 Å². The predicted molar refractivity (Wildman–Crippen MR) is 186 cm³/mol.